The molecule has 0 aromatic heterocycles. The minimum Gasteiger partial charge on any atom is -0.444 e. The molecule has 0 aromatic carbocycles. The molecule has 1 saturated carbocycles. The highest BCUT2D eigenvalue weighted by molar-refractivity contribution is 5.88. The summed E-state index contributed by atoms with van der Waals surface area (Å²) in [6.07, 6.45) is 4.80. The molecule has 5 atom stereocenters. The number of fused-ring (bicyclic) bond motifs is 2. The first-order valence-electron chi connectivity index (χ1n) is 9.02. The molecule has 2 heterocycles. The molecular formula is C18H30N2O3. The fourth-order valence-corrected chi connectivity index (χ4v) is 4.67. The summed E-state index contributed by atoms with van der Waals surface area (Å²) in [6, 6.07) is 0.415. The van der Waals surface area contributed by atoms with Gasteiger partial charge in [0.15, 0.2) is 0 Å². The molecule has 0 unspecified atom stereocenters. The normalized spacial score (nSPS) is 36.7. The number of rotatable bonds is 1. The van der Waals surface area contributed by atoms with Gasteiger partial charge in [0.25, 0.3) is 0 Å². The van der Waals surface area contributed by atoms with Crippen LogP contribution in [-0.4, -0.2) is 51.6 Å². The van der Waals surface area contributed by atoms with Crippen molar-refractivity contribution in [2.75, 3.05) is 0 Å². The van der Waals surface area contributed by atoms with Gasteiger partial charge in [-0.05, 0) is 72.6 Å². The first-order chi connectivity index (χ1) is 10.7. The van der Waals surface area contributed by atoms with Gasteiger partial charge < -0.3 is 9.64 Å². The molecule has 2 amide bonds. The van der Waals surface area contributed by atoms with E-state index in [1.54, 1.807) is 4.90 Å². The van der Waals surface area contributed by atoms with E-state index >= 15 is 0 Å². The van der Waals surface area contributed by atoms with Crippen LogP contribution < -0.4 is 0 Å². The number of nitrogens with zero attached hydrogens (tertiary/aromatic N) is 2. The Labute approximate surface area is 139 Å². The molecule has 2 aliphatic heterocycles. The van der Waals surface area contributed by atoms with Gasteiger partial charge in [0.2, 0.25) is 5.91 Å². The van der Waals surface area contributed by atoms with Crippen LogP contribution in [0.1, 0.15) is 66.7 Å². The fourth-order valence-electron chi connectivity index (χ4n) is 4.67. The Hall–Kier alpha value is -1.26. The first-order valence-corrected chi connectivity index (χ1v) is 9.02. The summed E-state index contributed by atoms with van der Waals surface area (Å²) < 4.78 is 5.59. The van der Waals surface area contributed by atoms with E-state index in [0.717, 1.165) is 32.1 Å². The van der Waals surface area contributed by atoms with Crippen LogP contribution in [0.25, 0.3) is 0 Å². The molecule has 0 N–H and O–H groups in total. The zero-order chi connectivity index (χ0) is 16.9. The zero-order valence-corrected chi connectivity index (χ0v) is 15.0. The van der Waals surface area contributed by atoms with Crippen molar-refractivity contribution in [2.45, 2.75) is 96.5 Å². The largest absolute Gasteiger partial charge is 0.444 e. The van der Waals surface area contributed by atoms with Gasteiger partial charge in [-0.25, -0.2) is 4.79 Å². The maximum Gasteiger partial charge on any atom is 0.411 e. The summed E-state index contributed by atoms with van der Waals surface area (Å²) >= 11 is 0. The van der Waals surface area contributed by atoms with Crippen LogP contribution in [0.3, 0.4) is 0 Å². The molecule has 2 saturated heterocycles. The van der Waals surface area contributed by atoms with Crippen molar-refractivity contribution in [1.82, 2.24) is 9.80 Å². The Morgan fingerprint density at radius 3 is 2.13 bits per heavy atom. The Morgan fingerprint density at radius 1 is 0.957 bits per heavy atom. The van der Waals surface area contributed by atoms with E-state index in [2.05, 4.69) is 13.8 Å². The van der Waals surface area contributed by atoms with E-state index in [9.17, 15) is 9.59 Å². The van der Waals surface area contributed by atoms with Crippen LogP contribution in [0, 0.1) is 5.92 Å². The van der Waals surface area contributed by atoms with Crippen molar-refractivity contribution in [1.29, 1.82) is 0 Å². The van der Waals surface area contributed by atoms with E-state index in [0.29, 0.717) is 5.92 Å². The molecule has 1 aliphatic carbocycles. The monoisotopic (exact) mass is 322 g/mol. The van der Waals surface area contributed by atoms with E-state index in [-0.39, 0.29) is 36.2 Å². The van der Waals surface area contributed by atoms with Crippen molar-refractivity contribution in [3.05, 3.63) is 0 Å². The predicted octanol–water partition coefficient (Wildman–Crippen LogP) is 3.17. The quantitative estimate of drug-likeness (QED) is 0.745. The third-order valence-electron chi connectivity index (χ3n) is 5.65. The van der Waals surface area contributed by atoms with Gasteiger partial charge in [-0.2, -0.15) is 0 Å². The summed E-state index contributed by atoms with van der Waals surface area (Å²) in [6.45, 7) is 9.86. The number of piperidine rings is 1. The average molecular weight is 322 g/mol. The van der Waals surface area contributed by atoms with E-state index in [1.807, 2.05) is 25.7 Å². The third kappa shape index (κ3) is 2.94. The van der Waals surface area contributed by atoms with Crippen LogP contribution in [-0.2, 0) is 9.53 Å². The molecule has 0 radical (unpaired) electrons. The highest BCUT2D eigenvalue weighted by atomic mass is 16.6. The summed E-state index contributed by atoms with van der Waals surface area (Å²) in [4.78, 5) is 29.7. The van der Waals surface area contributed by atoms with Crippen molar-refractivity contribution >= 4 is 12.0 Å². The minimum atomic E-state index is -0.527. The highest BCUT2D eigenvalue weighted by Crippen LogP contribution is 2.44. The number of hydrogen-bond donors (Lipinski definition) is 0. The summed E-state index contributed by atoms with van der Waals surface area (Å²) in [5.74, 6) is 0.445. The number of carbonyl (C=O) groups excluding carboxylic acids is 2. The topological polar surface area (TPSA) is 49.9 Å². The number of hydrogen-bond acceptors (Lipinski definition) is 3. The first kappa shape index (κ1) is 16.6. The molecule has 3 rings (SSSR count). The van der Waals surface area contributed by atoms with Gasteiger partial charge in [0, 0.05) is 18.1 Å². The summed E-state index contributed by atoms with van der Waals surface area (Å²) in [7, 11) is 0. The second-order valence-corrected chi connectivity index (χ2v) is 8.58. The lowest BCUT2D eigenvalue weighted by molar-refractivity contribution is -0.140. The van der Waals surface area contributed by atoms with Crippen LogP contribution in [0.15, 0.2) is 0 Å². The Morgan fingerprint density at radius 2 is 1.57 bits per heavy atom. The predicted molar refractivity (Wildman–Crippen MR) is 88.0 cm³/mol. The molecule has 5 nitrogen and oxygen atoms in total. The lowest BCUT2D eigenvalue weighted by atomic mass is 9.97. The van der Waals surface area contributed by atoms with Crippen molar-refractivity contribution in [3.63, 3.8) is 0 Å². The lowest BCUT2D eigenvalue weighted by Crippen LogP contribution is -2.56. The third-order valence-corrected chi connectivity index (χ3v) is 5.65. The molecule has 0 aromatic rings. The zero-order valence-electron chi connectivity index (χ0n) is 15.0. The number of likely N-dealkylation sites (tertiary alicyclic amines) is 2. The molecular weight excluding hydrogens is 292 g/mol. The summed E-state index contributed by atoms with van der Waals surface area (Å²) in [5, 5.41) is 0. The van der Waals surface area contributed by atoms with E-state index in [1.165, 1.54) is 0 Å². The van der Waals surface area contributed by atoms with Crippen LogP contribution >= 0.6 is 0 Å². The second kappa shape index (κ2) is 5.67. The summed E-state index contributed by atoms with van der Waals surface area (Å²) in [5.41, 5.74) is -0.527. The number of ether oxygens (including phenoxy) is 1. The standard InChI is InChI=1S/C18H30N2O3/c1-11-6-7-12(2)19(11)16(21)15-13-8-9-14(10-13)20(15)17(22)23-18(3,4)5/h11-15H,6-10H2,1-5H3/t11-,12-,13-,14+,15-/m1/s1. The van der Waals surface area contributed by atoms with Crippen molar-refractivity contribution < 1.29 is 14.3 Å². The van der Waals surface area contributed by atoms with Crippen LogP contribution in [0.4, 0.5) is 4.79 Å². The van der Waals surface area contributed by atoms with Crippen LogP contribution in [0.2, 0.25) is 0 Å². The van der Waals surface area contributed by atoms with E-state index in [4.69, 9.17) is 4.74 Å². The Bertz CT molecular complexity index is 489. The van der Waals surface area contributed by atoms with Gasteiger partial charge in [0.1, 0.15) is 11.6 Å². The SMILES string of the molecule is C[C@@H]1CC[C@@H](C)N1C(=O)[C@H]1[C@@H]2CC[C@@H](C2)N1C(=O)OC(C)(C)C. The highest BCUT2D eigenvalue weighted by Gasteiger charge is 2.54. The second-order valence-electron chi connectivity index (χ2n) is 8.58. The maximum absolute atomic E-state index is 13.2. The van der Waals surface area contributed by atoms with Crippen LogP contribution in [0.5, 0.6) is 0 Å². The van der Waals surface area contributed by atoms with E-state index < -0.39 is 5.60 Å². The maximum atomic E-state index is 13.2. The van der Waals surface area contributed by atoms with Crippen molar-refractivity contribution in [2.24, 2.45) is 5.92 Å². The van der Waals surface area contributed by atoms with Gasteiger partial charge in [-0.3, -0.25) is 9.69 Å². The van der Waals surface area contributed by atoms with Gasteiger partial charge >= 0.3 is 6.09 Å². The van der Waals surface area contributed by atoms with Gasteiger partial charge in [0.05, 0.1) is 0 Å². The lowest BCUT2D eigenvalue weighted by Gasteiger charge is -2.39. The molecule has 23 heavy (non-hydrogen) atoms. The van der Waals surface area contributed by atoms with Gasteiger partial charge in [-0.1, -0.05) is 0 Å². The number of carbonyl (C=O) groups is 2. The van der Waals surface area contributed by atoms with Gasteiger partial charge in [-0.15, -0.1) is 0 Å². The molecule has 3 fully saturated rings. The Kier molecular flexibility index (Phi) is 4.09. The smallest absolute Gasteiger partial charge is 0.411 e. The molecule has 3 aliphatic rings. The average Bonchev–Trinajstić information content (AvgIpc) is 3.10. The molecule has 0 spiro atoms. The molecule has 2 bridgehead atoms. The van der Waals surface area contributed by atoms with Crippen molar-refractivity contribution in [3.8, 4) is 0 Å². The Balaban J connectivity index is 1.81. The molecule has 5 heteroatoms. The number of amides is 2. The fraction of sp³-hybridized carbons (Fsp3) is 0.889. The minimum absolute atomic E-state index is 0.139. The molecule has 130 valence electrons.